The standard InChI is InChI=1S/C16H8Br2ClF3N2O/c1-7-13(3-8-2-10(17)5-11(18)14(8)24-7)25-15-12(19)4-9(6-23-15)16(20,21)22/h2-6H,1H3. The molecule has 0 N–H and O–H groups in total. The smallest absolute Gasteiger partial charge is 0.417 e. The molecule has 2 heterocycles. The third kappa shape index (κ3) is 3.91. The number of nitrogens with zero attached hydrogens (tertiary/aromatic N) is 2. The lowest BCUT2D eigenvalue weighted by Crippen LogP contribution is -2.06. The van der Waals surface area contributed by atoms with Crippen LogP contribution in [0.5, 0.6) is 11.6 Å². The molecule has 0 aliphatic rings. The van der Waals surface area contributed by atoms with E-state index in [1.807, 2.05) is 12.1 Å². The van der Waals surface area contributed by atoms with Crippen LogP contribution in [0, 0.1) is 6.92 Å². The molecule has 0 aliphatic heterocycles. The molecule has 3 rings (SSSR count). The van der Waals surface area contributed by atoms with Gasteiger partial charge in [-0.3, -0.25) is 0 Å². The summed E-state index contributed by atoms with van der Waals surface area (Å²) in [7, 11) is 0. The summed E-state index contributed by atoms with van der Waals surface area (Å²) >= 11 is 12.7. The van der Waals surface area contributed by atoms with E-state index < -0.39 is 11.7 Å². The number of ether oxygens (including phenoxy) is 1. The molecular formula is C16H8Br2ClF3N2O. The molecule has 0 radical (unpaired) electrons. The fraction of sp³-hybridized carbons (Fsp3) is 0.125. The molecule has 25 heavy (non-hydrogen) atoms. The van der Waals surface area contributed by atoms with Crippen LogP contribution in [0.25, 0.3) is 10.9 Å². The van der Waals surface area contributed by atoms with E-state index in [1.165, 1.54) is 0 Å². The van der Waals surface area contributed by atoms with Crippen LogP contribution in [0.4, 0.5) is 13.2 Å². The van der Waals surface area contributed by atoms with E-state index in [4.69, 9.17) is 16.3 Å². The average molecular weight is 497 g/mol. The molecule has 1 aromatic carbocycles. The van der Waals surface area contributed by atoms with Crippen LogP contribution in [-0.2, 0) is 6.18 Å². The number of hydrogen-bond donors (Lipinski definition) is 0. The fourth-order valence-electron chi connectivity index (χ4n) is 2.15. The first-order valence-corrected chi connectivity index (χ1v) is 8.78. The average Bonchev–Trinajstić information content (AvgIpc) is 2.49. The van der Waals surface area contributed by atoms with Gasteiger partial charge >= 0.3 is 6.18 Å². The van der Waals surface area contributed by atoms with Crippen LogP contribution in [0.3, 0.4) is 0 Å². The van der Waals surface area contributed by atoms with Crippen LogP contribution in [-0.4, -0.2) is 9.97 Å². The van der Waals surface area contributed by atoms with Crippen molar-refractivity contribution in [1.82, 2.24) is 9.97 Å². The van der Waals surface area contributed by atoms with Crippen molar-refractivity contribution in [3.8, 4) is 11.6 Å². The number of alkyl halides is 3. The molecule has 0 saturated carbocycles. The highest BCUT2D eigenvalue weighted by molar-refractivity contribution is 9.11. The Morgan fingerprint density at radius 2 is 1.84 bits per heavy atom. The lowest BCUT2D eigenvalue weighted by Gasteiger charge is -2.12. The Labute approximate surface area is 162 Å². The summed E-state index contributed by atoms with van der Waals surface area (Å²) in [4.78, 5) is 8.13. The van der Waals surface area contributed by atoms with E-state index in [-0.39, 0.29) is 10.9 Å². The summed E-state index contributed by atoms with van der Waals surface area (Å²) in [5.41, 5.74) is 0.346. The Balaban J connectivity index is 2.02. The molecule has 3 aromatic rings. The molecule has 9 heteroatoms. The van der Waals surface area contributed by atoms with Crippen LogP contribution < -0.4 is 4.74 Å². The molecule has 0 fully saturated rings. The van der Waals surface area contributed by atoms with Crippen LogP contribution in [0.2, 0.25) is 5.02 Å². The third-order valence-corrected chi connectivity index (χ3v) is 4.65. The second-order valence-electron chi connectivity index (χ2n) is 5.14. The second-order valence-corrected chi connectivity index (χ2v) is 7.32. The monoisotopic (exact) mass is 494 g/mol. The maximum Gasteiger partial charge on any atom is 0.417 e. The van der Waals surface area contributed by atoms with Gasteiger partial charge in [0.05, 0.1) is 16.8 Å². The van der Waals surface area contributed by atoms with Crippen LogP contribution in [0.15, 0.2) is 39.4 Å². The molecule has 130 valence electrons. The number of hydrogen-bond acceptors (Lipinski definition) is 3. The van der Waals surface area contributed by atoms with Crippen LogP contribution in [0.1, 0.15) is 11.3 Å². The van der Waals surface area contributed by atoms with Gasteiger partial charge in [0, 0.05) is 20.5 Å². The number of aryl methyl sites for hydroxylation is 1. The van der Waals surface area contributed by atoms with Crippen molar-refractivity contribution in [3.63, 3.8) is 0 Å². The number of aromatic nitrogens is 2. The Morgan fingerprint density at radius 3 is 2.48 bits per heavy atom. The van der Waals surface area contributed by atoms with E-state index in [2.05, 4.69) is 41.8 Å². The van der Waals surface area contributed by atoms with Gasteiger partial charge in [0.25, 0.3) is 0 Å². The first kappa shape index (κ1) is 18.4. The van der Waals surface area contributed by atoms with Crippen LogP contribution >= 0.6 is 43.5 Å². The zero-order valence-corrected chi connectivity index (χ0v) is 16.4. The van der Waals surface area contributed by atoms with E-state index in [0.29, 0.717) is 17.6 Å². The topological polar surface area (TPSA) is 35.0 Å². The number of fused-ring (bicyclic) bond motifs is 1. The molecule has 0 bridgehead atoms. The number of pyridine rings is 2. The summed E-state index contributed by atoms with van der Waals surface area (Å²) in [6.45, 7) is 1.72. The minimum absolute atomic E-state index is 0.118. The minimum atomic E-state index is -4.52. The lowest BCUT2D eigenvalue weighted by molar-refractivity contribution is -0.137. The normalized spacial score (nSPS) is 11.8. The van der Waals surface area contributed by atoms with Gasteiger partial charge in [-0.2, -0.15) is 13.2 Å². The zero-order chi connectivity index (χ0) is 18.4. The summed E-state index contributed by atoms with van der Waals surface area (Å²) in [5.74, 6) is 0.236. The minimum Gasteiger partial charge on any atom is -0.436 e. The number of rotatable bonds is 2. The summed E-state index contributed by atoms with van der Waals surface area (Å²) in [6, 6.07) is 6.22. The molecule has 0 saturated heterocycles. The van der Waals surface area contributed by atoms with Crippen molar-refractivity contribution in [3.05, 3.63) is 55.7 Å². The molecule has 0 unspecified atom stereocenters. The molecule has 2 aromatic heterocycles. The van der Waals surface area contributed by atoms with E-state index in [9.17, 15) is 13.2 Å². The van der Waals surface area contributed by atoms with Gasteiger partial charge in [0.15, 0.2) is 5.75 Å². The van der Waals surface area contributed by atoms with Crippen molar-refractivity contribution in [2.45, 2.75) is 13.1 Å². The van der Waals surface area contributed by atoms with E-state index in [1.54, 1.807) is 13.0 Å². The zero-order valence-electron chi connectivity index (χ0n) is 12.5. The van der Waals surface area contributed by atoms with Gasteiger partial charge in [-0.05, 0) is 47.1 Å². The predicted molar refractivity (Wildman–Crippen MR) is 96.2 cm³/mol. The molecule has 3 nitrogen and oxygen atoms in total. The SMILES string of the molecule is Cc1nc2c(Br)cc(Br)cc2cc1Oc1ncc(C(F)(F)F)cc1Cl. The quantitative estimate of drug-likeness (QED) is 0.386. The molecule has 0 spiro atoms. The van der Waals surface area contributed by atoms with Gasteiger partial charge < -0.3 is 4.74 Å². The highest BCUT2D eigenvalue weighted by atomic mass is 79.9. The number of halogens is 6. The lowest BCUT2D eigenvalue weighted by atomic mass is 10.2. The molecular weight excluding hydrogens is 488 g/mol. The van der Waals surface area contributed by atoms with Crippen molar-refractivity contribution in [1.29, 1.82) is 0 Å². The van der Waals surface area contributed by atoms with Gasteiger partial charge in [-0.1, -0.05) is 27.5 Å². The maximum absolute atomic E-state index is 12.7. The van der Waals surface area contributed by atoms with Crippen molar-refractivity contribution < 1.29 is 17.9 Å². The predicted octanol–water partition coefficient (Wildman–Crippen LogP) is 6.93. The first-order chi connectivity index (χ1) is 11.6. The summed E-state index contributed by atoms with van der Waals surface area (Å²) in [5, 5.41) is 0.551. The Hall–Kier alpha value is -1.38. The number of benzene rings is 1. The first-order valence-electron chi connectivity index (χ1n) is 6.82. The van der Waals surface area contributed by atoms with E-state index >= 15 is 0 Å². The Kier molecular flexibility index (Phi) is 4.96. The Morgan fingerprint density at radius 1 is 1.12 bits per heavy atom. The molecule has 0 atom stereocenters. The van der Waals surface area contributed by atoms with Crippen molar-refractivity contribution in [2.24, 2.45) is 0 Å². The largest absolute Gasteiger partial charge is 0.436 e. The van der Waals surface area contributed by atoms with Crippen molar-refractivity contribution in [2.75, 3.05) is 0 Å². The van der Waals surface area contributed by atoms with Crippen molar-refractivity contribution >= 4 is 54.4 Å². The molecule has 0 aliphatic carbocycles. The summed E-state index contributed by atoms with van der Waals surface area (Å²) in [6.07, 6.45) is -3.84. The fourth-order valence-corrected chi connectivity index (χ4v) is 3.70. The van der Waals surface area contributed by atoms with Gasteiger partial charge in [-0.25, -0.2) is 9.97 Å². The maximum atomic E-state index is 12.7. The van der Waals surface area contributed by atoms with Gasteiger partial charge in [0.1, 0.15) is 5.02 Å². The third-order valence-electron chi connectivity index (χ3n) is 3.32. The van der Waals surface area contributed by atoms with Gasteiger partial charge in [-0.15, -0.1) is 0 Å². The highest BCUT2D eigenvalue weighted by Gasteiger charge is 2.31. The van der Waals surface area contributed by atoms with Gasteiger partial charge in [0.2, 0.25) is 5.88 Å². The summed E-state index contributed by atoms with van der Waals surface area (Å²) < 4.78 is 45.3. The van der Waals surface area contributed by atoms with E-state index in [0.717, 1.165) is 25.9 Å². The molecule has 0 amide bonds. The Bertz CT molecular complexity index is 980. The highest BCUT2D eigenvalue weighted by Crippen LogP contribution is 2.36. The second kappa shape index (κ2) is 6.74.